The van der Waals surface area contributed by atoms with Crippen LogP contribution in [0.15, 0.2) is 11.5 Å². The van der Waals surface area contributed by atoms with Crippen LogP contribution in [0.4, 0.5) is 0 Å². The van der Waals surface area contributed by atoms with Gasteiger partial charge in [-0.3, -0.25) is 0 Å². The minimum atomic E-state index is -0.206. The normalized spacial score (nSPS) is 38.4. The summed E-state index contributed by atoms with van der Waals surface area (Å²) in [5.41, 5.74) is 0.972. The molecule has 2 bridgehead atoms. The molecule has 2 fully saturated rings. The summed E-state index contributed by atoms with van der Waals surface area (Å²) in [5, 5.41) is 1.52. The van der Waals surface area contributed by atoms with Crippen LogP contribution in [0.5, 0.6) is 0 Å². The molecule has 3 heterocycles. The van der Waals surface area contributed by atoms with Gasteiger partial charge < -0.3 is 9.31 Å². The van der Waals surface area contributed by atoms with Gasteiger partial charge in [-0.15, -0.1) is 0 Å². The Morgan fingerprint density at radius 2 is 1.82 bits per heavy atom. The maximum atomic E-state index is 6.13. The van der Waals surface area contributed by atoms with Gasteiger partial charge in [0.15, 0.2) is 0 Å². The van der Waals surface area contributed by atoms with E-state index in [4.69, 9.17) is 9.31 Å². The van der Waals surface area contributed by atoms with Crippen LogP contribution in [-0.2, 0) is 9.31 Å². The van der Waals surface area contributed by atoms with Gasteiger partial charge in [0.2, 0.25) is 0 Å². The largest absolute Gasteiger partial charge is 0.490 e. The van der Waals surface area contributed by atoms with Crippen LogP contribution in [0.1, 0.15) is 47.0 Å². The second-order valence-electron chi connectivity index (χ2n) is 6.41. The Morgan fingerprint density at radius 3 is 2.41 bits per heavy atom. The van der Waals surface area contributed by atoms with Gasteiger partial charge in [-0.25, -0.2) is 0 Å². The zero-order chi connectivity index (χ0) is 12.3. The standard InChI is InChI=1S/C13H21BO2S/c1-12(2)13(3,4)16-14(15-12)9-7-10-5-6-11(8-9)17-10/h7,10-11H,5-6,8H2,1-4H3. The molecule has 0 spiro atoms. The highest BCUT2D eigenvalue weighted by atomic mass is 32.2. The lowest BCUT2D eigenvalue weighted by Gasteiger charge is -2.32. The van der Waals surface area contributed by atoms with Crippen molar-refractivity contribution in [1.29, 1.82) is 0 Å². The number of allylic oxidation sites excluding steroid dienone is 1. The first kappa shape index (κ1) is 12.1. The van der Waals surface area contributed by atoms with E-state index in [1.54, 1.807) is 0 Å². The predicted octanol–water partition coefficient (Wildman–Crippen LogP) is 3.21. The summed E-state index contributed by atoms with van der Waals surface area (Å²) in [6, 6.07) is 0. The van der Waals surface area contributed by atoms with Crippen molar-refractivity contribution in [2.24, 2.45) is 0 Å². The molecule has 0 aromatic carbocycles. The molecule has 0 radical (unpaired) electrons. The number of hydrogen-bond acceptors (Lipinski definition) is 3. The summed E-state index contributed by atoms with van der Waals surface area (Å²) in [5.74, 6) is 0. The summed E-state index contributed by atoms with van der Waals surface area (Å²) in [7, 11) is -0.107. The zero-order valence-corrected chi connectivity index (χ0v) is 12.0. The first-order valence-corrected chi connectivity index (χ1v) is 7.53. The minimum absolute atomic E-state index is 0.107. The number of fused-ring (bicyclic) bond motifs is 2. The van der Waals surface area contributed by atoms with E-state index >= 15 is 0 Å². The predicted molar refractivity (Wildman–Crippen MR) is 73.2 cm³/mol. The second kappa shape index (κ2) is 3.78. The fraction of sp³-hybridized carbons (Fsp3) is 0.846. The van der Waals surface area contributed by atoms with E-state index in [9.17, 15) is 0 Å². The van der Waals surface area contributed by atoms with Crippen molar-refractivity contribution >= 4 is 18.9 Å². The van der Waals surface area contributed by atoms with Gasteiger partial charge in [0.25, 0.3) is 0 Å². The Balaban J connectivity index is 1.79. The quantitative estimate of drug-likeness (QED) is 0.667. The van der Waals surface area contributed by atoms with Crippen LogP contribution >= 0.6 is 11.8 Å². The van der Waals surface area contributed by atoms with Crippen molar-refractivity contribution < 1.29 is 9.31 Å². The highest BCUT2D eigenvalue weighted by Gasteiger charge is 2.53. The molecule has 17 heavy (non-hydrogen) atoms. The SMILES string of the molecule is CC1(C)OB(C2=CC3CCC(C2)S3)OC1(C)C. The smallest absolute Gasteiger partial charge is 0.400 e. The Kier molecular flexibility index (Phi) is 2.70. The number of rotatable bonds is 1. The average Bonchev–Trinajstić information content (AvgIpc) is 2.65. The topological polar surface area (TPSA) is 18.5 Å². The minimum Gasteiger partial charge on any atom is -0.400 e. The molecule has 3 rings (SSSR count). The van der Waals surface area contributed by atoms with Gasteiger partial charge in [-0.1, -0.05) is 6.08 Å². The summed E-state index contributed by atoms with van der Waals surface area (Å²) in [6.07, 6.45) is 6.24. The Bertz CT molecular complexity index is 348. The molecule has 0 aromatic heterocycles. The maximum Gasteiger partial charge on any atom is 0.490 e. The molecule has 3 aliphatic rings. The van der Waals surface area contributed by atoms with Crippen molar-refractivity contribution in [3.05, 3.63) is 11.5 Å². The van der Waals surface area contributed by atoms with Gasteiger partial charge in [0.05, 0.1) is 11.2 Å². The molecule has 94 valence electrons. The highest BCUT2D eigenvalue weighted by Crippen LogP contribution is 2.46. The van der Waals surface area contributed by atoms with Crippen molar-refractivity contribution in [3.63, 3.8) is 0 Å². The van der Waals surface area contributed by atoms with Crippen molar-refractivity contribution in [2.75, 3.05) is 0 Å². The third kappa shape index (κ3) is 1.98. The van der Waals surface area contributed by atoms with Crippen LogP contribution in [0.3, 0.4) is 0 Å². The maximum absolute atomic E-state index is 6.13. The summed E-state index contributed by atoms with van der Waals surface area (Å²) < 4.78 is 12.3. The van der Waals surface area contributed by atoms with Crippen LogP contribution in [0, 0.1) is 0 Å². The molecule has 3 aliphatic heterocycles. The molecule has 2 saturated heterocycles. The second-order valence-corrected chi connectivity index (χ2v) is 7.95. The van der Waals surface area contributed by atoms with E-state index in [-0.39, 0.29) is 18.3 Å². The van der Waals surface area contributed by atoms with Crippen molar-refractivity contribution in [1.82, 2.24) is 0 Å². The summed E-state index contributed by atoms with van der Waals surface area (Å²) >= 11 is 2.13. The lowest BCUT2D eigenvalue weighted by Crippen LogP contribution is -2.41. The van der Waals surface area contributed by atoms with Crippen molar-refractivity contribution in [3.8, 4) is 0 Å². The van der Waals surface area contributed by atoms with Gasteiger partial charge in [0, 0.05) is 10.5 Å². The molecular formula is C13H21BO2S. The molecule has 0 aliphatic carbocycles. The number of thioether (sulfide) groups is 1. The fourth-order valence-electron chi connectivity index (χ4n) is 2.75. The molecular weight excluding hydrogens is 231 g/mol. The molecule has 2 unspecified atom stereocenters. The Morgan fingerprint density at radius 1 is 1.18 bits per heavy atom. The van der Waals surface area contributed by atoms with Crippen LogP contribution < -0.4 is 0 Å². The summed E-state index contributed by atoms with van der Waals surface area (Å²) in [6.45, 7) is 8.50. The van der Waals surface area contributed by atoms with Gasteiger partial charge in [0.1, 0.15) is 0 Å². The van der Waals surface area contributed by atoms with E-state index < -0.39 is 0 Å². The fourth-order valence-corrected chi connectivity index (χ4v) is 4.33. The third-order valence-corrected chi connectivity index (χ3v) is 6.07. The van der Waals surface area contributed by atoms with Crippen LogP contribution in [-0.4, -0.2) is 28.8 Å². The Hall–Kier alpha value is 0.0749. The first-order chi connectivity index (χ1) is 7.87. The third-order valence-electron chi connectivity index (χ3n) is 4.56. The van der Waals surface area contributed by atoms with Gasteiger partial charge in [-0.05, 0) is 52.4 Å². The molecule has 2 nitrogen and oxygen atoms in total. The van der Waals surface area contributed by atoms with Gasteiger partial charge >= 0.3 is 7.12 Å². The zero-order valence-electron chi connectivity index (χ0n) is 11.2. The van der Waals surface area contributed by atoms with Crippen molar-refractivity contribution in [2.45, 2.75) is 68.7 Å². The lowest BCUT2D eigenvalue weighted by atomic mass is 9.75. The molecule has 0 saturated carbocycles. The summed E-state index contributed by atoms with van der Waals surface area (Å²) in [4.78, 5) is 0. The monoisotopic (exact) mass is 252 g/mol. The van der Waals surface area contributed by atoms with E-state index in [2.05, 4.69) is 45.5 Å². The van der Waals surface area contributed by atoms with E-state index in [1.165, 1.54) is 18.3 Å². The highest BCUT2D eigenvalue weighted by molar-refractivity contribution is 8.01. The number of hydrogen-bond donors (Lipinski definition) is 0. The lowest BCUT2D eigenvalue weighted by molar-refractivity contribution is 0.00578. The first-order valence-electron chi connectivity index (χ1n) is 6.59. The van der Waals surface area contributed by atoms with E-state index in [0.717, 1.165) is 11.7 Å². The van der Waals surface area contributed by atoms with Gasteiger partial charge in [-0.2, -0.15) is 11.8 Å². The van der Waals surface area contributed by atoms with E-state index in [0.29, 0.717) is 5.25 Å². The Labute approximate surface area is 109 Å². The molecule has 2 atom stereocenters. The van der Waals surface area contributed by atoms with Crippen LogP contribution in [0.2, 0.25) is 0 Å². The van der Waals surface area contributed by atoms with E-state index in [1.807, 2.05) is 0 Å². The molecule has 0 aromatic rings. The average molecular weight is 252 g/mol. The molecule has 0 amide bonds. The molecule has 4 heteroatoms. The molecule has 0 N–H and O–H groups in total. The van der Waals surface area contributed by atoms with Crippen LogP contribution in [0.25, 0.3) is 0 Å².